The van der Waals surface area contributed by atoms with Gasteiger partial charge < -0.3 is 39.7 Å². The van der Waals surface area contributed by atoms with Gasteiger partial charge in [0.05, 0.1) is 19.6 Å². The van der Waals surface area contributed by atoms with E-state index in [1.807, 2.05) is 0 Å². The van der Waals surface area contributed by atoms with Gasteiger partial charge in [0.1, 0.15) is 43.2 Å². The first-order valence-corrected chi connectivity index (χ1v) is 17.3. The molecule has 5 aliphatic rings. The van der Waals surface area contributed by atoms with E-state index in [4.69, 9.17) is 50.8 Å². The third-order valence-electron chi connectivity index (χ3n) is 7.57. The summed E-state index contributed by atoms with van der Waals surface area (Å²) >= 11 is 5.14. The average Bonchev–Trinajstić information content (AvgIpc) is 3.72. The minimum atomic E-state index is -5.15. The molecule has 7 rings (SSSR count). The van der Waals surface area contributed by atoms with Gasteiger partial charge in [0.25, 0.3) is 5.91 Å². The summed E-state index contributed by atoms with van der Waals surface area (Å²) in [7, 11) is -5.15. The van der Waals surface area contributed by atoms with Crippen molar-refractivity contribution in [2.24, 2.45) is 10.7 Å². The van der Waals surface area contributed by atoms with E-state index in [1.54, 1.807) is 0 Å². The molecule has 246 valence electrons. The highest BCUT2D eigenvalue weighted by atomic mass is 32.5. The van der Waals surface area contributed by atoms with Gasteiger partial charge in [-0.05, 0) is 11.8 Å². The van der Waals surface area contributed by atoms with E-state index in [1.165, 1.54) is 11.2 Å². The minimum Gasteiger partial charge on any atom is -0.382 e. The van der Waals surface area contributed by atoms with Crippen LogP contribution in [0.1, 0.15) is 6.23 Å². The summed E-state index contributed by atoms with van der Waals surface area (Å²) in [5.41, 5.74) is 11.6. The molecule has 2 bridgehead atoms. The van der Waals surface area contributed by atoms with Crippen LogP contribution < -0.4 is 22.1 Å². The molecule has 0 saturated carbocycles. The van der Waals surface area contributed by atoms with Gasteiger partial charge in [-0.1, -0.05) is 5.21 Å². The number of aromatic nitrogens is 5. The molecule has 45 heavy (non-hydrogen) atoms. The maximum absolute atomic E-state index is 15.9. The highest BCUT2D eigenvalue weighted by Crippen LogP contribution is 2.53. The van der Waals surface area contributed by atoms with E-state index in [2.05, 4.69) is 35.9 Å². The van der Waals surface area contributed by atoms with Crippen LogP contribution in [0.25, 0.3) is 11.2 Å². The van der Waals surface area contributed by atoms with Crippen molar-refractivity contribution in [3.05, 3.63) is 6.33 Å². The Morgan fingerprint density at radius 2 is 1.82 bits per heavy atom. The van der Waals surface area contributed by atoms with Gasteiger partial charge in [-0.25, -0.2) is 23.3 Å². The summed E-state index contributed by atoms with van der Waals surface area (Å²) < 4.78 is 78.3. The number of amides is 1. The summed E-state index contributed by atoms with van der Waals surface area (Å²) in [4.78, 5) is 47.1. The first-order chi connectivity index (χ1) is 21.3. The van der Waals surface area contributed by atoms with E-state index in [-0.39, 0.29) is 17.0 Å². The molecule has 26 heteroatoms. The molecular formula is C19H25F2N11O10P2S. The van der Waals surface area contributed by atoms with E-state index < -0.39 is 101 Å². The van der Waals surface area contributed by atoms with Gasteiger partial charge in [-0.15, -0.1) is 5.10 Å². The Morgan fingerprint density at radius 1 is 1.07 bits per heavy atom. The molecule has 5 aliphatic heterocycles. The van der Waals surface area contributed by atoms with E-state index >= 15 is 8.78 Å². The number of carbonyl (C=O) groups excluding carboxylic acids is 1. The molecule has 5 unspecified atom stereocenters. The molecule has 1 amide bonds. The van der Waals surface area contributed by atoms with Crippen LogP contribution in [-0.4, -0.2) is 127 Å². The topological polar surface area (TPSA) is 278 Å². The van der Waals surface area contributed by atoms with Gasteiger partial charge in [-0.2, -0.15) is 4.68 Å². The summed E-state index contributed by atoms with van der Waals surface area (Å²) in [6.45, 7) is -6.04. The van der Waals surface area contributed by atoms with Crippen LogP contribution in [0.5, 0.6) is 0 Å². The smallest absolute Gasteiger partial charge is 0.382 e. The summed E-state index contributed by atoms with van der Waals surface area (Å²) in [5, 5.41) is 13.0. The molecule has 21 nitrogen and oxygen atoms in total. The molecule has 4 saturated heterocycles. The van der Waals surface area contributed by atoms with Crippen LogP contribution in [0.2, 0.25) is 0 Å². The van der Waals surface area contributed by atoms with E-state index in [9.17, 15) is 19.1 Å². The lowest BCUT2D eigenvalue weighted by Crippen LogP contribution is -2.70. The first kappa shape index (κ1) is 31.2. The predicted octanol–water partition coefficient (Wildman–Crippen LogP) is -2.76. The molecule has 8 N–H and O–H groups in total. The summed E-state index contributed by atoms with van der Waals surface area (Å²) in [6, 6.07) is -0.990. The molecule has 2 aromatic rings. The number of phosphoric ester groups is 1. The van der Waals surface area contributed by atoms with Crippen molar-refractivity contribution < 1.29 is 55.5 Å². The number of phosphoric acid groups is 1. The number of fused-ring (bicyclic) bond motifs is 5. The maximum Gasteiger partial charge on any atom is 0.472 e. The zero-order chi connectivity index (χ0) is 31.8. The fraction of sp³-hybridized carbons (Fsp3) is 0.684. The molecule has 0 aromatic carbocycles. The highest BCUT2D eigenvalue weighted by Gasteiger charge is 2.57. The summed E-state index contributed by atoms with van der Waals surface area (Å²) in [5.74, 6) is -0.561. The van der Waals surface area contributed by atoms with Crippen molar-refractivity contribution in [2.45, 2.75) is 67.7 Å². The largest absolute Gasteiger partial charge is 0.472 e. The number of carbonyl (C=O) groups is 1. The van der Waals surface area contributed by atoms with Gasteiger partial charge in [0.2, 0.25) is 0 Å². The second-order valence-electron chi connectivity index (χ2n) is 10.4. The SMILES string of the molecule is Nc1ncnc2c1nnn2[C@@H]1O[C@@H]2COP(O)(=S)O[C@@H]3[C@H](F)[C@@H](COP(=O)(O)O[C@H]2[C@@H]1F)O[C@H]3N1C=NC2C(=O)NC(N)NC21. The molecule has 4 fully saturated rings. The number of nitrogens with two attached hydrogens (primary N) is 2. The Bertz CT molecular complexity index is 1630. The maximum atomic E-state index is 15.9. The second-order valence-corrected chi connectivity index (χ2v) is 14.6. The van der Waals surface area contributed by atoms with Crippen LogP contribution >= 0.6 is 14.5 Å². The van der Waals surface area contributed by atoms with Crippen molar-refractivity contribution in [2.75, 3.05) is 18.9 Å². The van der Waals surface area contributed by atoms with Gasteiger partial charge in [0, 0.05) is 0 Å². The third-order valence-corrected chi connectivity index (χ3v) is 10.1. The number of nitrogens with zero attached hydrogens (tertiary/aromatic N) is 7. The lowest BCUT2D eigenvalue weighted by Gasteiger charge is -2.39. The van der Waals surface area contributed by atoms with Crippen LogP contribution in [0.4, 0.5) is 14.6 Å². The van der Waals surface area contributed by atoms with Crippen molar-refractivity contribution in [1.29, 1.82) is 0 Å². The standard InChI is InChI=1S/C19H25F2N11O10P2S/c20-7-5-1-37-43(34,35)41-11-6(40-17(8(11)21)32-14-9(29-30-32)13(22)24-3-25-14)2-38-44(36,45)42-12(7)18(39-5)31-4-26-10-15(31)27-19(23)28-16(10)33/h3-8,10-12,15,17-19,27H,1-2,23H2,(H,28,33)(H,34,35)(H,36,45)(H2,22,24,25)/t5-,6-,7-,8+,10?,11-,12-,15?,17-,18-,19?,44?/m1/s1. The van der Waals surface area contributed by atoms with Crippen LogP contribution in [0.15, 0.2) is 11.3 Å². The Hall–Kier alpha value is -2.44. The Kier molecular flexibility index (Phi) is 7.87. The minimum absolute atomic E-state index is 0.0174. The predicted molar refractivity (Wildman–Crippen MR) is 145 cm³/mol. The number of nitrogens with one attached hydrogen (secondary N) is 2. The van der Waals surface area contributed by atoms with Crippen molar-refractivity contribution in [3.8, 4) is 0 Å². The Labute approximate surface area is 255 Å². The molecular weight excluding hydrogens is 674 g/mol. The van der Waals surface area contributed by atoms with Crippen LogP contribution in [0, 0.1) is 0 Å². The molecule has 2 aromatic heterocycles. The second kappa shape index (κ2) is 11.4. The molecule has 0 radical (unpaired) electrons. The van der Waals surface area contributed by atoms with E-state index in [0.29, 0.717) is 0 Å². The number of ether oxygens (including phenoxy) is 2. The number of halogens is 2. The fourth-order valence-electron chi connectivity index (χ4n) is 5.53. The number of alkyl halides is 2. The van der Waals surface area contributed by atoms with Crippen molar-refractivity contribution in [1.82, 2.24) is 40.5 Å². The third kappa shape index (κ3) is 5.62. The zero-order valence-corrected chi connectivity index (χ0v) is 25.0. The molecule has 13 atom stereocenters. The van der Waals surface area contributed by atoms with Crippen molar-refractivity contribution in [3.63, 3.8) is 0 Å². The summed E-state index contributed by atoms with van der Waals surface area (Å²) in [6.07, 6.45) is -13.7. The van der Waals surface area contributed by atoms with Gasteiger partial charge >= 0.3 is 14.5 Å². The quantitative estimate of drug-likeness (QED) is 0.173. The van der Waals surface area contributed by atoms with Crippen LogP contribution in [-0.2, 0) is 48.7 Å². The zero-order valence-electron chi connectivity index (χ0n) is 22.4. The first-order valence-electron chi connectivity index (χ1n) is 13.2. The fourth-order valence-corrected chi connectivity index (χ4v) is 7.89. The number of rotatable bonds is 2. The van der Waals surface area contributed by atoms with Gasteiger partial charge in [-0.3, -0.25) is 34.4 Å². The lowest BCUT2D eigenvalue weighted by atomic mass is 10.1. The monoisotopic (exact) mass is 699 g/mol. The van der Waals surface area contributed by atoms with Crippen LogP contribution in [0.3, 0.4) is 0 Å². The Balaban J connectivity index is 1.16. The average molecular weight is 699 g/mol. The number of hydrogen-bond acceptors (Lipinski definition) is 18. The number of aliphatic imine (C=N–C) groups is 1. The number of hydrogen-bond donors (Lipinski definition) is 6. The normalized spacial score (nSPS) is 45.4. The number of anilines is 1. The van der Waals surface area contributed by atoms with E-state index in [0.717, 1.165) is 11.0 Å². The molecule has 7 heterocycles. The van der Waals surface area contributed by atoms with Crippen molar-refractivity contribution >= 4 is 55.6 Å². The number of nitrogen functional groups attached to an aromatic ring is 1. The lowest BCUT2D eigenvalue weighted by molar-refractivity contribution is -0.130. The molecule has 0 aliphatic carbocycles. The van der Waals surface area contributed by atoms with Gasteiger partial charge in [0.15, 0.2) is 47.8 Å². The Morgan fingerprint density at radius 3 is 2.62 bits per heavy atom. The molecule has 0 spiro atoms. The highest BCUT2D eigenvalue weighted by molar-refractivity contribution is 8.07.